The Morgan fingerprint density at radius 1 is 1.24 bits per heavy atom. The van der Waals surface area contributed by atoms with Crippen molar-refractivity contribution in [1.29, 1.82) is 0 Å². The molecule has 0 aliphatic carbocycles. The van der Waals surface area contributed by atoms with E-state index in [1.807, 2.05) is 0 Å². The van der Waals surface area contributed by atoms with Gasteiger partial charge >= 0.3 is 5.97 Å². The van der Waals surface area contributed by atoms with Gasteiger partial charge in [0.15, 0.2) is 0 Å². The van der Waals surface area contributed by atoms with Gasteiger partial charge in [0.2, 0.25) is 17.7 Å². The van der Waals surface area contributed by atoms with Crippen LogP contribution >= 0.6 is 0 Å². The number of fused-ring (bicyclic) bond motifs is 1. The minimum absolute atomic E-state index is 0.0781. The van der Waals surface area contributed by atoms with Crippen LogP contribution in [0.4, 0.5) is 11.8 Å². The number of likely N-dealkylation sites (tertiary alicyclic amines) is 1. The summed E-state index contributed by atoms with van der Waals surface area (Å²) in [6.07, 6.45) is 2.71. The summed E-state index contributed by atoms with van der Waals surface area (Å²) in [4.78, 5) is 32.4. The topological polar surface area (TPSA) is 154 Å². The van der Waals surface area contributed by atoms with Crippen LogP contribution in [0.1, 0.15) is 24.8 Å². The molecule has 3 rings (SSSR count). The maximum absolute atomic E-state index is 12.2. The molecule has 0 aromatic carbocycles. The number of anilines is 2. The first-order chi connectivity index (χ1) is 11.9. The van der Waals surface area contributed by atoms with E-state index in [1.54, 1.807) is 4.90 Å². The molecule has 1 amide bonds. The number of hydrogen-bond acceptors (Lipinski definition) is 8. The lowest BCUT2D eigenvalue weighted by Gasteiger charge is -2.27. The summed E-state index contributed by atoms with van der Waals surface area (Å²) in [6.45, 7) is 0.336. The van der Waals surface area contributed by atoms with E-state index in [1.165, 1.54) is 0 Å². The highest BCUT2D eigenvalue weighted by Gasteiger charge is 2.43. The Hall–Kier alpha value is -2.62. The summed E-state index contributed by atoms with van der Waals surface area (Å²) < 4.78 is 10.9. The minimum Gasteiger partial charge on any atom is -0.480 e. The number of carbonyl (C=O) groups excluding carboxylic acids is 1. The molecule has 10 heteroatoms. The largest absolute Gasteiger partial charge is 0.480 e. The van der Waals surface area contributed by atoms with Crippen LogP contribution in [0, 0.1) is 0 Å². The fourth-order valence-electron chi connectivity index (χ4n) is 3.32. The molecule has 1 unspecified atom stereocenters. The number of aliphatic carboxylic acids is 1. The van der Waals surface area contributed by atoms with Gasteiger partial charge < -0.3 is 30.9 Å². The summed E-state index contributed by atoms with van der Waals surface area (Å²) >= 11 is 0. The first-order valence-electron chi connectivity index (χ1n) is 8.07. The van der Waals surface area contributed by atoms with Crippen LogP contribution < -0.4 is 16.2 Å². The number of hydrogen-bond donors (Lipinski definition) is 3. The Morgan fingerprint density at radius 2 is 2.04 bits per heavy atom. The normalized spacial score (nSPS) is 22.3. The minimum atomic E-state index is -1.10. The van der Waals surface area contributed by atoms with Crippen molar-refractivity contribution in [3.63, 3.8) is 0 Å². The van der Waals surface area contributed by atoms with Crippen LogP contribution in [0.2, 0.25) is 0 Å². The Morgan fingerprint density at radius 3 is 2.80 bits per heavy atom. The third-order valence-corrected chi connectivity index (χ3v) is 4.53. The van der Waals surface area contributed by atoms with Gasteiger partial charge in [0, 0.05) is 25.9 Å². The fraction of sp³-hybridized carbons (Fsp3) is 0.600. The van der Waals surface area contributed by atoms with Crippen molar-refractivity contribution in [3.05, 3.63) is 5.56 Å². The van der Waals surface area contributed by atoms with Crippen LogP contribution in [0.3, 0.4) is 0 Å². The van der Waals surface area contributed by atoms with Gasteiger partial charge in [-0.2, -0.15) is 9.97 Å². The van der Waals surface area contributed by atoms with Gasteiger partial charge in [-0.1, -0.05) is 0 Å². The molecule has 0 bridgehead atoms. The lowest BCUT2D eigenvalue weighted by molar-refractivity contribution is -0.145. The van der Waals surface area contributed by atoms with E-state index in [-0.39, 0.29) is 18.5 Å². The molecule has 10 nitrogen and oxygen atoms in total. The van der Waals surface area contributed by atoms with Crippen molar-refractivity contribution in [2.24, 2.45) is 0 Å². The van der Waals surface area contributed by atoms with Gasteiger partial charge in [-0.25, -0.2) is 4.79 Å². The zero-order valence-electron chi connectivity index (χ0n) is 13.7. The van der Waals surface area contributed by atoms with E-state index in [9.17, 15) is 9.59 Å². The number of nitrogen functional groups attached to an aromatic ring is 2. The van der Waals surface area contributed by atoms with Crippen molar-refractivity contribution in [3.8, 4) is 5.88 Å². The van der Waals surface area contributed by atoms with Crippen molar-refractivity contribution in [1.82, 2.24) is 14.9 Å². The van der Waals surface area contributed by atoms with Crippen LogP contribution in [-0.4, -0.2) is 63.8 Å². The van der Waals surface area contributed by atoms with Gasteiger partial charge in [-0.15, -0.1) is 0 Å². The van der Waals surface area contributed by atoms with Gasteiger partial charge in [0.1, 0.15) is 24.6 Å². The van der Waals surface area contributed by atoms with Crippen LogP contribution in [0.15, 0.2) is 0 Å². The van der Waals surface area contributed by atoms with E-state index in [4.69, 9.17) is 26.0 Å². The molecule has 136 valence electrons. The summed E-state index contributed by atoms with van der Waals surface area (Å²) in [5.41, 5.74) is 11.8. The standard InChI is InChI=1S/C15H21N5O5/c16-12-9-6-15(25-13(9)19-14(17)18-12)2-1-4-20(5-3-15)10(21)7-24-8-11(22)23/h1-8H2,(H,22,23)(H4,16,17,18,19). The summed E-state index contributed by atoms with van der Waals surface area (Å²) in [7, 11) is 0. The van der Waals surface area contributed by atoms with E-state index in [0.717, 1.165) is 18.4 Å². The quantitative estimate of drug-likeness (QED) is 0.646. The maximum Gasteiger partial charge on any atom is 0.329 e. The third-order valence-electron chi connectivity index (χ3n) is 4.53. The summed E-state index contributed by atoms with van der Waals surface area (Å²) in [5, 5.41) is 8.55. The van der Waals surface area contributed by atoms with Crippen LogP contribution in [0.25, 0.3) is 0 Å². The number of ether oxygens (including phenoxy) is 2. The second-order valence-electron chi connectivity index (χ2n) is 6.33. The highest BCUT2D eigenvalue weighted by Crippen LogP contribution is 2.42. The highest BCUT2D eigenvalue weighted by atomic mass is 16.5. The number of amides is 1. The molecule has 25 heavy (non-hydrogen) atoms. The second kappa shape index (κ2) is 6.71. The smallest absolute Gasteiger partial charge is 0.329 e. The third kappa shape index (κ3) is 3.73. The van der Waals surface area contributed by atoms with E-state index in [0.29, 0.717) is 37.6 Å². The van der Waals surface area contributed by atoms with Crippen LogP contribution in [0.5, 0.6) is 5.88 Å². The number of nitrogens with two attached hydrogens (primary N) is 2. The van der Waals surface area contributed by atoms with E-state index < -0.39 is 18.2 Å². The number of carboxylic acids is 1. The van der Waals surface area contributed by atoms with Crippen LogP contribution in [-0.2, 0) is 20.7 Å². The lowest BCUT2D eigenvalue weighted by Crippen LogP contribution is -2.38. The number of carboxylic acid groups (broad SMARTS) is 1. The molecule has 5 N–H and O–H groups in total. The SMILES string of the molecule is Nc1nc(N)c2c(n1)OC1(CCCN(C(=O)COCC(=O)O)CC1)C2. The van der Waals surface area contributed by atoms with Gasteiger partial charge in [-0.05, 0) is 12.8 Å². The molecule has 1 aromatic rings. The monoisotopic (exact) mass is 351 g/mol. The predicted molar refractivity (Wildman–Crippen MR) is 86.8 cm³/mol. The lowest BCUT2D eigenvalue weighted by atomic mass is 9.90. The zero-order valence-corrected chi connectivity index (χ0v) is 13.7. The summed E-state index contributed by atoms with van der Waals surface area (Å²) in [6, 6.07) is 0. The Kier molecular flexibility index (Phi) is 4.62. The van der Waals surface area contributed by atoms with Gasteiger partial charge in [0.05, 0.1) is 5.56 Å². The van der Waals surface area contributed by atoms with E-state index >= 15 is 0 Å². The number of rotatable bonds is 4. The molecule has 1 spiro atoms. The molecule has 2 aliphatic heterocycles. The molecule has 2 aliphatic rings. The van der Waals surface area contributed by atoms with Gasteiger partial charge in [0.25, 0.3) is 0 Å². The zero-order chi connectivity index (χ0) is 18.0. The molecule has 1 saturated heterocycles. The molecule has 0 saturated carbocycles. The second-order valence-corrected chi connectivity index (χ2v) is 6.33. The first-order valence-corrected chi connectivity index (χ1v) is 8.07. The maximum atomic E-state index is 12.2. The predicted octanol–water partition coefficient (Wildman–Crippen LogP) is -0.572. The number of nitrogens with zero attached hydrogens (tertiary/aromatic N) is 3. The molecule has 0 radical (unpaired) electrons. The molecule has 1 aromatic heterocycles. The Labute approximate surface area is 144 Å². The average molecular weight is 351 g/mol. The molecule has 1 atom stereocenters. The molecular formula is C15H21N5O5. The van der Waals surface area contributed by atoms with Crippen molar-refractivity contribution >= 4 is 23.6 Å². The van der Waals surface area contributed by atoms with E-state index in [2.05, 4.69) is 9.97 Å². The first kappa shape index (κ1) is 17.2. The van der Waals surface area contributed by atoms with Crippen molar-refractivity contribution in [2.45, 2.75) is 31.3 Å². The Balaban J connectivity index is 1.62. The fourth-order valence-corrected chi connectivity index (χ4v) is 3.32. The Bertz CT molecular complexity index is 697. The molecule has 3 heterocycles. The molecule has 1 fully saturated rings. The average Bonchev–Trinajstić information content (AvgIpc) is 2.75. The van der Waals surface area contributed by atoms with Gasteiger partial charge in [-0.3, -0.25) is 4.79 Å². The summed E-state index contributed by atoms with van der Waals surface area (Å²) in [5.74, 6) is -0.488. The van der Waals surface area contributed by atoms with Crippen molar-refractivity contribution in [2.75, 3.05) is 37.8 Å². The number of carbonyl (C=O) groups is 2. The number of aromatic nitrogens is 2. The molecular weight excluding hydrogens is 330 g/mol. The van der Waals surface area contributed by atoms with Crippen molar-refractivity contribution < 1.29 is 24.2 Å². The highest BCUT2D eigenvalue weighted by molar-refractivity contribution is 5.78.